The van der Waals surface area contributed by atoms with Crippen molar-refractivity contribution in [2.24, 2.45) is 5.73 Å². The van der Waals surface area contributed by atoms with Crippen molar-refractivity contribution in [2.75, 3.05) is 20.3 Å². The third-order valence-electron chi connectivity index (χ3n) is 9.24. The van der Waals surface area contributed by atoms with Crippen LogP contribution in [0.25, 0.3) is 6.08 Å². The normalized spacial score (nSPS) is 27.1. The van der Waals surface area contributed by atoms with Crippen LogP contribution in [0.4, 0.5) is 0 Å². The lowest BCUT2D eigenvalue weighted by atomic mass is 9.71. The summed E-state index contributed by atoms with van der Waals surface area (Å²) in [4.78, 5) is 53.6. The number of aliphatic hydroxyl groups excluding tert-OH is 3. The minimum absolute atomic E-state index is 0.000869. The fourth-order valence-electron chi connectivity index (χ4n) is 6.65. The zero-order chi connectivity index (χ0) is 36.1. The maximum absolute atomic E-state index is 14.3. The van der Waals surface area contributed by atoms with E-state index in [2.05, 4.69) is 5.32 Å². The Bertz CT molecular complexity index is 1740. The molecule has 2 aromatic rings. The van der Waals surface area contributed by atoms with E-state index < -0.39 is 108 Å². The van der Waals surface area contributed by atoms with Gasteiger partial charge in [-0.25, -0.2) is 0 Å². The van der Waals surface area contributed by atoms with Gasteiger partial charge >= 0.3 is 0 Å². The lowest BCUT2D eigenvalue weighted by Crippen LogP contribution is -2.53. The number of nitrogens with two attached hydrogens (primary N) is 1. The Morgan fingerprint density at radius 3 is 2.45 bits per heavy atom. The molecule has 3 aliphatic rings. The van der Waals surface area contributed by atoms with Crippen molar-refractivity contribution >= 4 is 29.3 Å². The molecule has 1 amide bonds. The van der Waals surface area contributed by atoms with E-state index >= 15 is 0 Å². The van der Waals surface area contributed by atoms with E-state index in [0.29, 0.717) is 0 Å². The highest BCUT2D eigenvalue weighted by Gasteiger charge is 2.50. The van der Waals surface area contributed by atoms with Gasteiger partial charge in [-0.3, -0.25) is 19.2 Å². The van der Waals surface area contributed by atoms with Gasteiger partial charge in [0.15, 0.2) is 17.9 Å². The molecule has 1 heterocycles. The highest BCUT2D eigenvalue weighted by molar-refractivity contribution is 6.31. The number of hydrogen-bond acceptors (Lipinski definition) is 14. The van der Waals surface area contributed by atoms with Gasteiger partial charge in [-0.05, 0) is 32.9 Å². The van der Waals surface area contributed by atoms with Crippen molar-refractivity contribution in [2.45, 2.75) is 82.4 Å². The number of aromatic hydroxyl groups is 2. The third-order valence-corrected chi connectivity index (χ3v) is 9.24. The van der Waals surface area contributed by atoms with Gasteiger partial charge in [0.1, 0.15) is 29.5 Å². The molecular weight excluding hydrogens is 644 g/mol. The van der Waals surface area contributed by atoms with Crippen LogP contribution >= 0.6 is 0 Å². The van der Waals surface area contributed by atoms with Crippen molar-refractivity contribution in [1.29, 1.82) is 0 Å². The van der Waals surface area contributed by atoms with E-state index in [1.807, 2.05) is 0 Å². The standard InChI is InChI=1S/C34H40N2O13/c1-13(33(45)36-11-14(2)38)7-16-5-6-17-24(32(16)47-4)31(44)26-25(28(17)41)29(42)18-9-34(46,21(39)12-37)10-20(23(18)30(26)43)49-22-8-19(35)27(40)15(3)48-22/h5-7,14-15,19-20,22,27,37-38,40,42-43,46H,8-12,35H2,1-4H3,(H,36,45)/b13-7+/t14?,15-,19-,20-,22-,27+,34-/m0/s1. The number of carbonyl (C=O) groups is 4. The minimum Gasteiger partial charge on any atom is -0.507 e. The summed E-state index contributed by atoms with van der Waals surface area (Å²) in [5, 5.41) is 66.7. The third kappa shape index (κ3) is 6.34. The topological polar surface area (TPSA) is 255 Å². The SMILES string of the molecule is COc1c(/C=C(\C)C(=O)NCC(C)O)ccc2c1C(=O)c1c(O)c3c(c(O)c1C2=O)C[C@@](O)(C(=O)CO)C[C@@H]3O[C@H]1C[C@H](N)[C@H](O)[C@H](C)O1. The van der Waals surface area contributed by atoms with Crippen molar-refractivity contribution < 1.29 is 64.0 Å². The molecule has 1 fully saturated rings. The summed E-state index contributed by atoms with van der Waals surface area (Å²) < 4.78 is 17.4. The van der Waals surface area contributed by atoms with Gasteiger partial charge in [0.2, 0.25) is 11.7 Å². The molecule has 9 N–H and O–H groups in total. The molecule has 1 aliphatic heterocycles. The summed E-state index contributed by atoms with van der Waals surface area (Å²) in [6, 6.07) is 1.96. The Kier molecular flexibility index (Phi) is 10.0. The number of amides is 1. The summed E-state index contributed by atoms with van der Waals surface area (Å²) in [5.74, 6) is -4.90. The highest BCUT2D eigenvalue weighted by atomic mass is 16.7. The summed E-state index contributed by atoms with van der Waals surface area (Å²) in [6.07, 6.45) is -4.91. The fourth-order valence-corrected chi connectivity index (χ4v) is 6.65. The molecule has 264 valence electrons. The van der Waals surface area contributed by atoms with Crippen LogP contribution in [0.3, 0.4) is 0 Å². The molecule has 0 spiro atoms. The Labute approximate surface area is 280 Å². The molecule has 49 heavy (non-hydrogen) atoms. The van der Waals surface area contributed by atoms with Crippen LogP contribution in [0.1, 0.15) is 88.3 Å². The van der Waals surface area contributed by atoms with Crippen LogP contribution in [0.2, 0.25) is 0 Å². The van der Waals surface area contributed by atoms with Crippen LogP contribution < -0.4 is 15.8 Å². The number of ether oxygens (including phenoxy) is 3. The second-order valence-electron chi connectivity index (χ2n) is 12.8. The number of fused-ring (bicyclic) bond motifs is 3. The van der Waals surface area contributed by atoms with E-state index in [1.54, 1.807) is 6.92 Å². The maximum atomic E-state index is 14.3. The summed E-state index contributed by atoms with van der Waals surface area (Å²) in [7, 11) is 1.25. The first kappa shape index (κ1) is 36.1. The number of nitrogens with one attached hydrogen (secondary N) is 1. The average Bonchev–Trinajstić information content (AvgIpc) is 3.05. The Hall–Kier alpha value is -4.22. The second-order valence-corrected chi connectivity index (χ2v) is 12.8. The first-order valence-electron chi connectivity index (χ1n) is 15.7. The molecule has 2 aromatic carbocycles. The largest absolute Gasteiger partial charge is 0.507 e. The average molecular weight is 685 g/mol. The zero-order valence-corrected chi connectivity index (χ0v) is 27.4. The van der Waals surface area contributed by atoms with E-state index in [1.165, 1.54) is 39.2 Å². The zero-order valence-electron chi connectivity index (χ0n) is 27.4. The quantitative estimate of drug-likeness (QED) is 0.108. The van der Waals surface area contributed by atoms with Gasteiger partial charge in [-0.15, -0.1) is 0 Å². The van der Waals surface area contributed by atoms with Gasteiger partial charge < -0.3 is 55.9 Å². The number of aliphatic hydroxyl groups is 4. The molecule has 7 atom stereocenters. The number of methoxy groups -OCH3 is 1. The van der Waals surface area contributed by atoms with Gasteiger partial charge in [-0.2, -0.15) is 0 Å². The van der Waals surface area contributed by atoms with E-state index in [4.69, 9.17) is 19.9 Å². The minimum atomic E-state index is -2.31. The number of ketones is 3. The lowest BCUT2D eigenvalue weighted by molar-refractivity contribution is -0.247. The molecule has 15 heteroatoms. The van der Waals surface area contributed by atoms with Gasteiger partial charge in [-0.1, -0.05) is 6.07 Å². The molecule has 0 bridgehead atoms. The molecule has 1 saturated heterocycles. The van der Waals surface area contributed by atoms with Crippen LogP contribution in [0.15, 0.2) is 17.7 Å². The number of Topliss-reactive ketones (excluding diaryl/α,β-unsaturated/α-hetero) is 1. The molecule has 2 aliphatic carbocycles. The van der Waals surface area contributed by atoms with E-state index in [0.717, 1.165) is 0 Å². The molecule has 15 nitrogen and oxygen atoms in total. The maximum Gasteiger partial charge on any atom is 0.247 e. The predicted molar refractivity (Wildman–Crippen MR) is 170 cm³/mol. The Balaban J connectivity index is 1.64. The second kappa shape index (κ2) is 13.6. The molecule has 0 radical (unpaired) electrons. The molecule has 0 saturated carbocycles. The van der Waals surface area contributed by atoms with E-state index in [9.17, 15) is 49.8 Å². The van der Waals surface area contributed by atoms with Crippen LogP contribution in [0.5, 0.6) is 17.2 Å². The summed E-state index contributed by atoms with van der Waals surface area (Å²) in [6.45, 7) is 3.50. The number of rotatable bonds is 9. The Morgan fingerprint density at radius 2 is 1.84 bits per heavy atom. The number of hydrogen-bond donors (Lipinski definition) is 8. The number of carbonyl (C=O) groups excluding carboxylic acids is 4. The number of phenolic OH excluding ortho intramolecular Hbond substituents is 2. The number of phenols is 2. The van der Waals surface area contributed by atoms with E-state index in [-0.39, 0.29) is 52.1 Å². The molecule has 5 rings (SSSR count). The van der Waals surface area contributed by atoms with Crippen molar-refractivity contribution in [1.82, 2.24) is 5.32 Å². The Morgan fingerprint density at radius 1 is 1.16 bits per heavy atom. The van der Waals surface area contributed by atoms with Crippen molar-refractivity contribution in [3.8, 4) is 17.2 Å². The van der Waals surface area contributed by atoms with Gasteiger partial charge in [0.25, 0.3) is 0 Å². The smallest absolute Gasteiger partial charge is 0.247 e. The monoisotopic (exact) mass is 684 g/mol. The van der Waals surface area contributed by atoms with Crippen molar-refractivity contribution in [3.63, 3.8) is 0 Å². The molecular formula is C34H40N2O13. The first-order chi connectivity index (χ1) is 23.0. The van der Waals surface area contributed by atoms with Gasteiger partial charge in [0.05, 0.1) is 48.2 Å². The molecule has 1 unspecified atom stereocenters. The van der Waals surface area contributed by atoms with Crippen molar-refractivity contribution in [3.05, 3.63) is 56.6 Å². The predicted octanol–water partition coefficient (Wildman–Crippen LogP) is -0.0984. The van der Waals surface area contributed by atoms with Crippen LogP contribution in [0, 0.1) is 0 Å². The highest BCUT2D eigenvalue weighted by Crippen LogP contribution is 2.53. The summed E-state index contributed by atoms with van der Waals surface area (Å²) >= 11 is 0. The van der Waals surface area contributed by atoms with Crippen LogP contribution in [-0.4, -0.2) is 110 Å². The number of benzene rings is 2. The van der Waals surface area contributed by atoms with Crippen LogP contribution in [-0.2, 0) is 25.5 Å². The molecule has 0 aromatic heterocycles. The first-order valence-corrected chi connectivity index (χ1v) is 15.7. The summed E-state index contributed by atoms with van der Waals surface area (Å²) in [5.41, 5.74) is 2.18. The fraction of sp³-hybridized carbons (Fsp3) is 0.471. The lowest BCUT2D eigenvalue weighted by Gasteiger charge is -2.42. The van der Waals surface area contributed by atoms with Gasteiger partial charge in [0, 0.05) is 59.7 Å².